The van der Waals surface area contributed by atoms with E-state index in [4.69, 9.17) is 27.9 Å². The fourth-order valence-corrected chi connectivity index (χ4v) is 3.02. The molecule has 0 amide bonds. The third-order valence-corrected chi connectivity index (χ3v) is 4.39. The van der Waals surface area contributed by atoms with Crippen LogP contribution in [-0.2, 0) is 9.53 Å². The van der Waals surface area contributed by atoms with Gasteiger partial charge in [0.1, 0.15) is 10.9 Å². The number of benzene rings is 2. The molecule has 4 rings (SSSR count). The van der Waals surface area contributed by atoms with Gasteiger partial charge in [0.15, 0.2) is 0 Å². The predicted octanol–water partition coefficient (Wildman–Crippen LogP) is 5.52. The molecule has 0 radical (unpaired) electrons. The number of halogens is 2. The Balaban J connectivity index is 1.77. The van der Waals surface area contributed by atoms with E-state index in [1.165, 1.54) is 0 Å². The van der Waals surface area contributed by atoms with Gasteiger partial charge in [0, 0.05) is 21.5 Å². The Labute approximate surface area is 154 Å². The first-order chi connectivity index (χ1) is 12.1. The fraction of sp³-hybridized carbons (Fsp3) is 0. The molecule has 1 aliphatic heterocycles. The van der Waals surface area contributed by atoms with Crippen molar-refractivity contribution in [2.75, 3.05) is 0 Å². The van der Waals surface area contributed by atoms with Gasteiger partial charge < -0.3 is 4.74 Å². The van der Waals surface area contributed by atoms with Gasteiger partial charge in [-0.05, 0) is 36.4 Å². The number of ether oxygens (including phenoxy) is 1. The molecule has 0 spiro atoms. The van der Waals surface area contributed by atoms with Gasteiger partial charge in [-0.3, -0.25) is 0 Å². The summed E-state index contributed by atoms with van der Waals surface area (Å²) in [6.45, 7) is 0. The highest BCUT2D eigenvalue weighted by Crippen LogP contribution is 2.30. The summed E-state index contributed by atoms with van der Waals surface area (Å²) in [5, 5.41) is 1.78. The summed E-state index contributed by atoms with van der Waals surface area (Å²) in [6, 6.07) is 16.7. The van der Waals surface area contributed by atoms with Crippen molar-refractivity contribution in [3.8, 4) is 0 Å². The van der Waals surface area contributed by atoms with Gasteiger partial charge in [-0.1, -0.05) is 53.5 Å². The van der Waals surface area contributed by atoms with Gasteiger partial charge in [-0.2, -0.15) is 0 Å². The average molecular weight is 368 g/mol. The second-order valence-electron chi connectivity index (χ2n) is 5.57. The molecular formula is C20H11Cl2NO2. The van der Waals surface area contributed by atoms with Gasteiger partial charge in [0.05, 0.1) is 11.1 Å². The Morgan fingerprint density at radius 2 is 1.80 bits per heavy atom. The fourth-order valence-electron chi connectivity index (χ4n) is 2.64. The monoisotopic (exact) mass is 367 g/mol. The molecular weight excluding hydrogens is 357 g/mol. The average Bonchev–Trinajstić information content (AvgIpc) is 2.97. The zero-order chi connectivity index (χ0) is 17.4. The molecule has 5 heteroatoms. The lowest BCUT2D eigenvalue weighted by molar-refractivity contribution is -0.130. The van der Waals surface area contributed by atoms with E-state index in [1.807, 2.05) is 36.4 Å². The van der Waals surface area contributed by atoms with Crippen molar-refractivity contribution in [2.24, 2.45) is 0 Å². The topological polar surface area (TPSA) is 39.2 Å². The van der Waals surface area contributed by atoms with Gasteiger partial charge in [0.2, 0.25) is 0 Å². The van der Waals surface area contributed by atoms with E-state index in [1.54, 1.807) is 30.4 Å². The molecule has 0 bridgehead atoms. The van der Waals surface area contributed by atoms with Gasteiger partial charge in [-0.15, -0.1) is 0 Å². The van der Waals surface area contributed by atoms with Crippen molar-refractivity contribution < 1.29 is 9.53 Å². The Morgan fingerprint density at radius 1 is 1.00 bits per heavy atom. The molecule has 0 atom stereocenters. The molecule has 0 saturated heterocycles. The molecule has 0 N–H and O–H groups in total. The second-order valence-corrected chi connectivity index (χ2v) is 6.36. The molecule has 3 aromatic rings. The number of cyclic esters (lactones) is 1. The first-order valence-corrected chi connectivity index (χ1v) is 8.32. The largest absolute Gasteiger partial charge is 0.422 e. The molecule has 2 heterocycles. The molecule has 2 aromatic carbocycles. The highest BCUT2D eigenvalue weighted by molar-refractivity contribution is 6.32. The van der Waals surface area contributed by atoms with Crippen LogP contribution < -0.4 is 0 Å². The SMILES string of the molecule is O=C1OC(c2ccccc2)=C/C1=C/c1cc2cc(Cl)ccc2nc1Cl. The number of carbonyl (C=O) groups is 1. The third kappa shape index (κ3) is 3.16. The first-order valence-electron chi connectivity index (χ1n) is 7.57. The van der Waals surface area contributed by atoms with Gasteiger partial charge in [0.25, 0.3) is 0 Å². The van der Waals surface area contributed by atoms with Gasteiger partial charge >= 0.3 is 5.97 Å². The molecule has 0 fully saturated rings. The maximum absolute atomic E-state index is 12.2. The molecule has 25 heavy (non-hydrogen) atoms. The van der Waals surface area contributed by atoms with Crippen LogP contribution in [0.5, 0.6) is 0 Å². The minimum absolute atomic E-state index is 0.316. The van der Waals surface area contributed by atoms with E-state index in [0.29, 0.717) is 27.1 Å². The molecule has 3 nitrogen and oxygen atoms in total. The third-order valence-electron chi connectivity index (χ3n) is 3.85. The van der Waals surface area contributed by atoms with E-state index >= 15 is 0 Å². The van der Waals surface area contributed by atoms with Crippen LogP contribution in [0.2, 0.25) is 10.2 Å². The lowest BCUT2D eigenvalue weighted by atomic mass is 10.1. The summed E-state index contributed by atoms with van der Waals surface area (Å²) in [6.07, 6.45) is 3.38. The lowest BCUT2D eigenvalue weighted by Gasteiger charge is -2.03. The zero-order valence-electron chi connectivity index (χ0n) is 12.9. The quantitative estimate of drug-likeness (QED) is 0.340. The summed E-state index contributed by atoms with van der Waals surface area (Å²) in [5.41, 5.74) is 2.64. The van der Waals surface area contributed by atoms with Crippen LogP contribution in [0.25, 0.3) is 22.7 Å². The zero-order valence-corrected chi connectivity index (χ0v) is 14.4. The molecule has 0 saturated carbocycles. The van der Waals surface area contributed by atoms with Crippen molar-refractivity contribution in [1.29, 1.82) is 0 Å². The van der Waals surface area contributed by atoms with Crippen LogP contribution in [0.15, 0.2) is 66.2 Å². The molecule has 1 aliphatic rings. The van der Waals surface area contributed by atoms with Crippen molar-refractivity contribution in [1.82, 2.24) is 4.98 Å². The van der Waals surface area contributed by atoms with Crippen molar-refractivity contribution in [3.63, 3.8) is 0 Å². The normalized spacial score (nSPS) is 15.5. The minimum Gasteiger partial charge on any atom is -0.422 e. The molecule has 1 aromatic heterocycles. The highest BCUT2D eigenvalue weighted by Gasteiger charge is 2.22. The van der Waals surface area contributed by atoms with Crippen LogP contribution in [0, 0.1) is 0 Å². The van der Waals surface area contributed by atoms with Crippen LogP contribution in [0.3, 0.4) is 0 Å². The van der Waals surface area contributed by atoms with E-state index in [0.717, 1.165) is 16.5 Å². The molecule has 0 aliphatic carbocycles. The van der Waals surface area contributed by atoms with Crippen LogP contribution >= 0.6 is 23.2 Å². The Morgan fingerprint density at radius 3 is 2.60 bits per heavy atom. The van der Waals surface area contributed by atoms with E-state index in [2.05, 4.69) is 4.98 Å². The standard InChI is InChI=1S/C20H11Cl2NO2/c21-16-6-7-17-13(10-16)8-14(19(22)23-17)9-15-11-18(25-20(15)24)12-4-2-1-3-5-12/h1-11H/b15-9-. The number of hydrogen-bond acceptors (Lipinski definition) is 3. The molecule has 0 unspecified atom stereocenters. The summed E-state index contributed by atoms with van der Waals surface area (Å²) in [5.74, 6) is 0.103. The number of esters is 1. The Bertz CT molecular complexity index is 1060. The highest BCUT2D eigenvalue weighted by atomic mass is 35.5. The number of carbonyl (C=O) groups excluding carboxylic acids is 1. The van der Waals surface area contributed by atoms with Crippen LogP contribution in [-0.4, -0.2) is 11.0 Å². The smallest absolute Gasteiger partial charge is 0.343 e. The maximum Gasteiger partial charge on any atom is 0.343 e. The van der Waals surface area contributed by atoms with Crippen LogP contribution in [0.4, 0.5) is 0 Å². The number of aromatic nitrogens is 1. The van der Waals surface area contributed by atoms with Crippen molar-refractivity contribution in [3.05, 3.63) is 87.5 Å². The number of rotatable bonds is 2. The van der Waals surface area contributed by atoms with E-state index in [9.17, 15) is 4.79 Å². The predicted molar refractivity (Wildman–Crippen MR) is 100 cm³/mol. The summed E-state index contributed by atoms with van der Waals surface area (Å²) >= 11 is 12.3. The second kappa shape index (κ2) is 6.36. The van der Waals surface area contributed by atoms with E-state index in [-0.39, 0.29) is 0 Å². The number of hydrogen-bond donors (Lipinski definition) is 0. The first kappa shape index (κ1) is 15.9. The number of pyridine rings is 1. The minimum atomic E-state index is -0.416. The summed E-state index contributed by atoms with van der Waals surface area (Å²) < 4.78 is 5.35. The number of fused-ring (bicyclic) bond motifs is 1. The Kier molecular flexibility index (Phi) is 4.04. The van der Waals surface area contributed by atoms with E-state index < -0.39 is 5.97 Å². The molecule has 122 valence electrons. The maximum atomic E-state index is 12.2. The van der Waals surface area contributed by atoms with Crippen LogP contribution in [0.1, 0.15) is 11.1 Å². The van der Waals surface area contributed by atoms with Crippen molar-refractivity contribution in [2.45, 2.75) is 0 Å². The Hall–Kier alpha value is -2.62. The summed E-state index contributed by atoms with van der Waals surface area (Å²) in [4.78, 5) is 16.5. The lowest BCUT2D eigenvalue weighted by Crippen LogP contribution is -1.97. The summed E-state index contributed by atoms with van der Waals surface area (Å²) in [7, 11) is 0. The number of nitrogens with zero attached hydrogens (tertiary/aromatic N) is 1. The van der Waals surface area contributed by atoms with Gasteiger partial charge in [-0.25, -0.2) is 9.78 Å². The van der Waals surface area contributed by atoms with Crippen molar-refractivity contribution >= 4 is 51.9 Å².